The summed E-state index contributed by atoms with van der Waals surface area (Å²) in [5, 5.41) is 24.7. The molecule has 0 radical (unpaired) electrons. The molecule has 20 nitrogen and oxygen atoms in total. The van der Waals surface area contributed by atoms with Gasteiger partial charge in [0.1, 0.15) is 33.2 Å². The fourth-order valence-corrected chi connectivity index (χ4v) is 10.5. The lowest BCUT2D eigenvalue weighted by atomic mass is 9.98. The molecule has 456 valence electrons. The molecule has 2 aliphatic heterocycles. The Morgan fingerprint density at radius 3 is 1.48 bits per heavy atom. The third-order valence-corrected chi connectivity index (χ3v) is 15.2. The van der Waals surface area contributed by atoms with Gasteiger partial charge in [0, 0.05) is 104 Å². The van der Waals surface area contributed by atoms with Gasteiger partial charge in [0.05, 0.1) is 59.9 Å². The maximum Gasteiger partial charge on any atom is 0.410 e. The van der Waals surface area contributed by atoms with E-state index in [1.54, 1.807) is 26.6 Å². The van der Waals surface area contributed by atoms with E-state index in [1.807, 2.05) is 109 Å². The Hall–Kier alpha value is -8.60. The number of ether oxygens (including phenoxy) is 3. The number of hydrogen-bond acceptors (Lipinski definition) is 16. The summed E-state index contributed by atoms with van der Waals surface area (Å²) in [6, 6.07) is 17.6. The van der Waals surface area contributed by atoms with Crippen molar-refractivity contribution >= 4 is 62.4 Å². The average Bonchev–Trinajstić information content (AvgIpc) is 2.30. The number of benzene rings is 2. The number of pyridine rings is 2. The van der Waals surface area contributed by atoms with E-state index in [9.17, 15) is 28.0 Å². The van der Waals surface area contributed by atoms with Crippen molar-refractivity contribution in [3.63, 3.8) is 0 Å². The number of carbonyl (C=O) groups is 4. The molecule has 87 heavy (non-hydrogen) atoms. The largest absolute Gasteiger partial charge is 0.506 e. The highest BCUT2D eigenvalue weighted by Crippen LogP contribution is 2.37. The van der Waals surface area contributed by atoms with Crippen molar-refractivity contribution in [3.05, 3.63) is 136 Å². The van der Waals surface area contributed by atoms with Gasteiger partial charge in [0.25, 0.3) is 0 Å². The summed E-state index contributed by atoms with van der Waals surface area (Å²) in [4.78, 5) is 69.8. The van der Waals surface area contributed by atoms with Crippen molar-refractivity contribution in [1.82, 2.24) is 49.0 Å². The second-order valence-corrected chi connectivity index (χ2v) is 25.6. The number of fused-ring (bicyclic) bond motifs is 2. The number of carbonyl (C=O) groups excluding carboxylic acids is 4. The molecule has 2 amide bonds. The minimum Gasteiger partial charge on any atom is -0.506 e. The molecule has 23 heteroatoms. The molecule has 12 rings (SSSR count). The predicted molar refractivity (Wildman–Crippen MR) is 327 cm³/mol. The van der Waals surface area contributed by atoms with Crippen molar-refractivity contribution in [2.45, 2.75) is 105 Å². The monoisotopic (exact) mass is 1250 g/mol. The number of nitrogens with one attached hydrogen (secondary N) is 2. The van der Waals surface area contributed by atoms with Gasteiger partial charge in [0.2, 0.25) is 5.88 Å². The Labute approximate surface area is 511 Å². The highest BCUT2D eigenvalue weighted by Gasteiger charge is 2.35. The van der Waals surface area contributed by atoms with Gasteiger partial charge < -0.3 is 39.8 Å². The van der Waals surface area contributed by atoms with Crippen molar-refractivity contribution in [2.75, 3.05) is 49.9 Å². The van der Waals surface area contributed by atoms with E-state index in [2.05, 4.69) is 56.7 Å². The lowest BCUT2D eigenvalue weighted by molar-refractivity contribution is 0.00000625. The number of nitrogens with zero attached hydrogens (tertiary/aromatic N) is 10. The molecule has 0 spiro atoms. The first-order chi connectivity index (χ1) is 41.4. The zero-order chi connectivity index (χ0) is 61.9. The molecule has 6 aromatic heterocycles. The third kappa shape index (κ3) is 16.1. The SMILES string of the molecule is Cc1cc(-c2cnc3c(NCC4CN(C(=O)OC(C)(C)C)C4)cc(Br)nn23)ccc1C(=O)CC1CC1.Cc1cc(-c2cnc3c(NCC4CN(C(=O)OC(C)(C)C)C4)cc(Oc4cncc(F)c4)nn23)ccc1C(=O)CC1CC1.Oc1cncc(F)c1. The van der Waals surface area contributed by atoms with E-state index in [-0.39, 0.29) is 47.0 Å². The number of imidazole rings is 2. The van der Waals surface area contributed by atoms with Crippen LogP contribution in [0.5, 0.6) is 17.4 Å². The van der Waals surface area contributed by atoms with Crippen LogP contribution >= 0.6 is 15.9 Å². The van der Waals surface area contributed by atoms with Gasteiger partial charge in [-0.05, 0) is 138 Å². The summed E-state index contributed by atoms with van der Waals surface area (Å²) in [5.74, 6) is 1.29. The van der Waals surface area contributed by atoms with Crippen LogP contribution < -0.4 is 15.4 Å². The Kier molecular flexibility index (Phi) is 18.2. The highest BCUT2D eigenvalue weighted by molar-refractivity contribution is 9.10. The standard InChI is InChI=1S/C32H35FN6O4.C27H32BrN5O3.C5H4FNO/c1-19-9-22(7-8-25(19)28(40)10-20-5-6-20)27-16-36-30-26(35-13-21-17-38(18-21)31(41)43-32(2,3)4)12-29(37-39(27)30)42-24-11-23(33)14-34-15-24;1-16-9-19(7-8-20(16)23(34)10-17-5-6-17)22-13-30-25-21(11-24(28)31-33(22)25)29-12-18-14-32(15-18)26(35)36-27(2,3)4;6-4-1-5(8)3-7-2-4/h7-9,11-12,14-16,20-21,35H,5-6,10,13,17-18H2,1-4H3;7-9,11,13,17-18,29H,5-6,10,12,14-15H2,1-4H3;1-3,8H. The first-order valence-electron chi connectivity index (χ1n) is 29.1. The van der Waals surface area contributed by atoms with Gasteiger partial charge in [-0.3, -0.25) is 19.6 Å². The summed E-state index contributed by atoms with van der Waals surface area (Å²) >= 11 is 3.53. The van der Waals surface area contributed by atoms with Crippen LogP contribution in [0.1, 0.15) is 112 Å². The number of halogens is 3. The number of amides is 2. The van der Waals surface area contributed by atoms with E-state index in [4.69, 9.17) is 19.3 Å². The topological polar surface area (TPSA) is 233 Å². The van der Waals surface area contributed by atoms with Crippen LogP contribution in [0, 0.1) is 49.2 Å². The Morgan fingerprint density at radius 1 is 0.598 bits per heavy atom. The first-order valence-corrected chi connectivity index (χ1v) is 29.9. The van der Waals surface area contributed by atoms with Crippen LogP contribution in [0.2, 0.25) is 0 Å². The van der Waals surface area contributed by atoms with E-state index in [1.165, 1.54) is 31.3 Å². The molecule has 2 aliphatic carbocycles. The number of ketones is 2. The number of aryl methyl sites for hydroxylation is 2. The summed E-state index contributed by atoms with van der Waals surface area (Å²) in [6.07, 6.45) is 13.5. The van der Waals surface area contributed by atoms with Crippen molar-refractivity contribution in [1.29, 1.82) is 0 Å². The van der Waals surface area contributed by atoms with E-state index < -0.39 is 22.8 Å². The van der Waals surface area contributed by atoms with Gasteiger partial charge in [-0.25, -0.2) is 37.4 Å². The minimum atomic E-state index is -0.542. The van der Waals surface area contributed by atoms with Gasteiger partial charge in [-0.1, -0.05) is 24.3 Å². The van der Waals surface area contributed by atoms with E-state index in [0.717, 1.165) is 81.7 Å². The molecular formula is C64H71BrF2N12O8. The summed E-state index contributed by atoms with van der Waals surface area (Å²) in [5.41, 5.74) is 8.61. The van der Waals surface area contributed by atoms with Crippen LogP contribution in [0.25, 0.3) is 33.8 Å². The fourth-order valence-electron chi connectivity index (χ4n) is 10.1. The number of rotatable bonds is 16. The average molecular weight is 1250 g/mol. The zero-order valence-electron chi connectivity index (χ0n) is 49.9. The van der Waals surface area contributed by atoms with Crippen LogP contribution in [0.4, 0.5) is 29.7 Å². The third-order valence-electron chi connectivity index (χ3n) is 14.8. The van der Waals surface area contributed by atoms with Gasteiger partial charge in [-0.2, -0.15) is 5.10 Å². The molecule has 8 aromatic rings. The van der Waals surface area contributed by atoms with E-state index >= 15 is 0 Å². The molecule has 0 atom stereocenters. The maximum absolute atomic E-state index is 13.8. The molecule has 2 aromatic carbocycles. The van der Waals surface area contributed by atoms with Crippen molar-refractivity contribution < 1.29 is 47.3 Å². The molecule has 2 saturated carbocycles. The van der Waals surface area contributed by atoms with Crippen LogP contribution in [0.15, 0.2) is 102 Å². The van der Waals surface area contributed by atoms with Gasteiger partial charge in [-0.15, -0.1) is 5.10 Å². The second kappa shape index (κ2) is 25.8. The molecule has 8 heterocycles. The van der Waals surface area contributed by atoms with E-state index in [0.29, 0.717) is 91.5 Å². The molecular weight excluding hydrogens is 1180 g/mol. The van der Waals surface area contributed by atoms with Gasteiger partial charge >= 0.3 is 12.2 Å². The Bertz CT molecular complexity index is 3840. The quantitative estimate of drug-likeness (QED) is 0.0763. The van der Waals surface area contributed by atoms with Crippen molar-refractivity contribution in [2.24, 2.45) is 23.7 Å². The maximum atomic E-state index is 13.8. The molecule has 0 bridgehead atoms. The Morgan fingerprint density at radius 2 is 1.06 bits per heavy atom. The van der Waals surface area contributed by atoms with Crippen LogP contribution in [-0.4, -0.2) is 128 Å². The molecule has 2 saturated heterocycles. The number of likely N-dealkylation sites (tertiary alicyclic amines) is 2. The summed E-state index contributed by atoms with van der Waals surface area (Å²) in [6.45, 7) is 18.9. The normalized spacial score (nSPS) is 15.1. The minimum absolute atomic E-state index is 0.148. The lowest BCUT2D eigenvalue weighted by Gasteiger charge is -2.39. The Balaban J connectivity index is 0.000000172. The number of anilines is 2. The van der Waals surface area contributed by atoms with Crippen LogP contribution in [-0.2, 0) is 9.47 Å². The van der Waals surface area contributed by atoms with Crippen molar-refractivity contribution in [3.8, 4) is 39.9 Å². The summed E-state index contributed by atoms with van der Waals surface area (Å²) in [7, 11) is 0. The van der Waals surface area contributed by atoms with Gasteiger partial charge in [0.15, 0.2) is 28.6 Å². The smallest absolute Gasteiger partial charge is 0.410 e. The van der Waals surface area contributed by atoms with Crippen LogP contribution in [0.3, 0.4) is 0 Å². The number of aromatic hydroxyl groups is 1. The molecule has 4 fully saturated rings. The molecule has 3 N–H and O–H groups in total. The predicted octanol–water partition coefficient (Wildman–Crippen LogP) is 12.9. The fraction of sp³-hybridized carbons (Fsp3) is 0.406. The number of hydrogen-bond donors (Lipinski definition) is 3. The lowest BCUT2D eigenvalue weighted by Crippen LogP contribution is -2.53. The zero-order valence-corrected chi connectivity index (χ0v) is 51.5. The molecule has 0 unspecified atom stereocenters. The second-order valence-electron chi connectivity index (χ2n) is 24.8. The molecule has 4 aliphatic rings. The number of aromatic nitrogens is 8. The number of Topliss-reactive ketones (excluding diaryl/α,β-unsaturated/α-hetero) is 2. The first kappa shape index (κ1) is 61.5. The highest BCUT2D eigenvalue weighted by atomic mass is 79.9. The summed E-state index contributed by atoms with van der Waals surface area (Å²) < 4.78 is 46.8.